The molecule has 1 heterocycles. The maximum Gasteiger partial charge on any atom is 0.0522 e. The van der Waals surface area contributed by atoms with Crippen LogP contribution in [0.25, 0.3) is 0 Å². The summed E-state index contributed by atoms with van der Waals surface area (Å²) in [5, 5.41) is 0. The molecule has 0 spiro atoms. The summed E-state index contributed by atoms with van der Waals surface area (Å²) in [5.74, 6) is 2.11. The average Bonchev–Trinajstić information content (AvgIpc) is 2.12. The average molecular weight is 190 g/mol. The second kappa shape index (κ2) is 4.14. The predicted molar refractivity (Wildman–Crippen MR) is 58.3 cm³/mol. The van der Waals surface area contributed by atoms with Gasteiger partial charge in [-0.3, -0.25) is 0 Å². The lowest BCUT2D eigenvalue weighted by Crippen LogP contribution is -2.35. The highest BCUT2D eigenvalue weighted by atomic mass is 16.5. The molecule has 0 radical (unpaired) electrons. The summed E-state index contributed by atoms with van der Waals surface area (Å²) in [6.07, 6.45) is 0. The van der Waals surface area contributed by atoms with E-state index in [1.165, 1.54) is 5.56 Å². The summed E-state index contributed by atoms with van der Waals surface area (Å²) >= 11 is 0. The molecule has 0 N–H and O–H groups in total. The fourth-order valence-electron chi connectivity index (χ4n) is 2.34. The first-order valence-corrected chi connectivity index (χ1v) is 5.41. The van der Waals surface area contributed by atoms with Crippen LogP contribution in [0.4, 0.5) is 0 Å². The largest absolute Gasteiger partial charge is 0.381 e. The van der Waals surface area contributed by atoms with Crippen molar-refractivity contribution in [2.75, 3.05) is 13.2 Å². The van der Waals surface area contributed by atoms with Gasteiger partial charge in [0.2, 0.25) is 0 Å². The van der Waals surface area contributed by atoms with E-state index in [4.69, 9.17) is 4.74 Å². The number of hydrogen-bond donors (Lipinski definition) is 0. The molecule has 14 heavy (non-hydrogen) atoms. The third kappa shape index (κ3) is 1.83. The van der Waals surface area contributed by atoms with Gasteiger partial charge in [-0.15, -0.1) is 0 Å². The Morgan fingerprint density at radius 2 is 1.79 bits per heavy atom. The molecule has 0 saturated carbocycles. The van der Waals surface area contributed by atoms with Gasteiger partial charge in [0.05, 0.1) is 13.2 Å². The van der Waals surface area contributed by atoms with Crippen molar-refractivity contribution < 1.29 is 4.74 Å². The first-order valence-electron chi connectivity index (χ1n) is 5.41. The predicted octanol–water partition coefficient (Wildman–Crippen LogP) is 3.07. The number of rotatable bonds is 3. The highest BCUT2D eigenvalue weighted by molar-refractivity contribution is 5.21. The molecule has 1 aliphatic rings. The van der Waals surface area contributed by atoms with Crippen LogP contribution in [0.3, 0.4) is 0 Å². The lowest BCUT2D eigenvalue weighted by Gasteiger charge is -2.36. The van der Waals surface area contributed by atoms with Gasteiger partial charge in [0.1, 0.15) is 0 Å². The van der Waals surface area contributed by atoms with Gasteiger partial charge in [-0.25, -0.2) is 0 Å². The summed E-state index contributed by atoms with van der Waals surface area (Å²) in [6, 6.07) is 10.8. The van der Waals surface area contributed by atoms with E-state index in [2.05, 4.69) is 44.2 Å². The van der Waals surface area contributed by atoms with Crippen LogP contribution in [0, 0.1) is 11.8 Å². The van der Waals surface area contributed by atoms with Gasteiger partial charge < -0.3 is 4.74 Å². The lowest BCUT2D eigenvalue weighted by molar-refractivity contribution is -0.0519. The second-order valence-corrected chi connectivity index (χ2v) is 4.48. The van der Waals surface area contributed by atoms with E-state index in [1.807, 2.05) is 0 Å². The van der Waals surface area contributed by atoms with Gasteiger partial charge in [-0.05, 0) is 17.4 Å². The first-order chi connectivity index (χ1) is 6.79. The van der Waals surface area contributed by atoms with Gasteiger partial charge in [-0.2, -0.15) is 0 Å². The highest BCUT2D eigenvalue weighted by Crippen LogP contribution is 2.35. The summed E-state index contributed by atoms with van der Waals surface area (Å²) in [7, 11) is 0. The van der Waals surface area contributed by atoms with Gasteiger partial charge in [0.25, 0.3) is 0 Å². The van der Waals surface area contributed by atoms with Crippen molar-refractivity contribution in [1.29, 1.82) is 0 Å². The Morgan fingerprint density at radius 1 is 1.14 bits per heavy atom. The normalized spacial score (nSPS) is 19.4. The minimum absolute atomic E-state index is 0.671. The van der Waals surface area contributed by atoms with Gasteiger partial charge in [0, 0.05) is 5.92 Å². The van der Waals surface area contributed by atoms with Crippen LogP contribution >= 0.6 is 0 Å². The standard InChI is InChI=1S/C13H18O/c1-10(2)13(12-8-14-9-12)11-6-4-3-5-7-11/h3-7,10,12-13H,8-9H2,1-2H3. The Kier molecular flexibility index (Phi) is 2.87. The van der Waals surface area contributed by atoms with Crippen LogP contribution < -0.4 is 0 Å². The zero-order valence-corrected chi connectivity index (χ0v) is 8.94. The van der Waals surface area contributed by atoms with E-state index in [9.17, 15) is 0 Å². The smallest absolute Gasteiger partial charge is 0.0522 e. The fraction of sp³-hybridized carbons (Fsp3) is 0.538. The SMILES string of the molecule is CC(C)C(c1ccccc1)C1COC1. The van der Waals surface area contributed by atoms with Gasteiger partial charge in [-0.1, -0.05) is 44.2 Å². The Labute approximate surface area is 86.1 Å². The molecule has 1 fully saturated rings. The molecule has 1 saturated heterocycles. The summed E-state index contributed by atoms with van der Waals surface area (Å²) in [6.45, 7) is 6.49. The Balaban J connectivity index is 2.18. The van der Waals surface area contributed by atoms with Crippen molar-refractivity contribution >= 4 is 0 Å². The summed E-state index contributed by atoms with van der Waals surface area (Å²) in [4.78, 5) is 0. The Hall–Kier alpha value is -0.820. The molecular weight excluding hydrogens is 172 g/mol. The van der Waals surface area contributed by atoms with Crippen LogP contribution in [0.15, 0.2) is 30.3 Å². The van der Waals surface area contributed by atoms with Crippen LogP contribution in [0.5, 0.6) is 0 Å². The zero-order valence-electron chi connectivity index (χ0n) is 8.94. The molecule has 1 heteroatoms. The molecule has 0 aliphatic carbocycles. The van der Waals surface area contributed by atoms with Crippen LogP contribution in [0.2, 0.25) is 0 Å². The number of hydrogen-bond acceptors (Lipinski definition) is 1. The molecule has 1 aliphatic heterocycles. The third-order valence-corrected chi connectivity index (χ3v) is 3.07. The van der Waals surface area contributed by atoms with Crippen molar-refractivity contribution in [1.82, 2.24) is 0 Å². The minimum atomic E-state index is 0.671. The lowest BCUT2D eigenvalue weighted by atomic mass is 9.77. The molecule has 1 aromatic rings. The van der Waals surface area contributed by atoms with Crippen molar-refractivity contribution in [3.8, 4) is 0 Å². The molecule has 1 aromatic carbocycles. The molecular formula is C13H18O. The van der Waals surface area contributed by atoms with Crippen molar-refractivity contribution in [3.05, 3.63) is 35.9 Å². The van der Waals surface area contributed by atoms with Crippen molar-refractivity contribution in [3.63, 3.8) is 0 Å². The molecule has 76 valence electrons. The topological polar surface area (TPSA) is 9.23 Å². The molecule has 2 rings (SSSR count). The first kappa shape index (κ1) is 9.72. The monoisotopic (exact) mass is 190 g/mol. The summed E-state index contributed by atoms with van der Waals surface area (Å²) in [5.41, 5.74) is 1.47. The van der Waals surface area contributed by atoms with E-state index < -0.39 is 0 Å². The van der Waals surface area contributed by atoms with E-state index >= 15 is 0 Å². The second-order valence-electron chi connectivity index (χ2n) is 4.48. The maximum atomic E-state index is 5.29. The van der Waals surface area contributed by atoms with Crippen LogP contribution in [0.1, 0.15) is 25.3 Å². The van der Waals surface area contributed by atoms with E-state index in [-0.39, 0.29) is 0 Å². The molecule has 0 aromatic heterocycles. The number of benzene rings is 1. The molecule has 1 atom stereocenters. The van der Waals surface area contributed by atoms with E-state index in [0.717, 1.165) is 19.1 Å². The number of ether oxygens (including phenoxy) is 1. The molecule has 0 amide bonds. The quantitative estimate of drug-likeness (QED) is 0.711. The third-order valence-electron chi connectivity index (χ3n) is 3.07. The Morgan fingerprint density at radius 3 is 2.21 bits per heavy atom. The van der Waals surface area contributed by atoms with Crippen LogP contribution in [-0.4, -0.2) is 13.2 Å². The Bertz CT molecular complexity index is 275. The minimum Gasteiger partial charge on any atom is -0.381 e. The summed E-state index contributed by atoms with van der Waals surface area (Å²) < 4.78 is 5.29. The zero-order chi connectivity index (χ0) is 9.97. The van der Waals surface area contributed by atoms with Crippen molar-refractivity contribution in [2.45, 2.75) is 19.8 Å². The molecule has 1 nitrogen and oxygen atoms in total. The van der Waals surface area contributed by atoms with Crippen molar-refractivity contribution in [2.24, 2.45) is 11.8 Å². The molecule has 1 unspecified atom stereocenters. The maximum absolute atomic E-state index is 5.29. The fourth-order valence-corrected chi connectivity index (χ4v) is 2.34. The van der Waals surface area contributed by atoms with Gasteiger partial charge in [0.15, 0.2) is 0 Å². The molecule has 0 bridgehead atoms. The van der Waals surface area contributed by atoms with Crippen LogP contribution in [-0.2, 0) is 4.74 Å². The highest BCUT2D eigenvalue weighted by Gasteiger charge is 2.31. The van der Waals surface area contributed by atoms with E-state index in [1.54, 1.807) is 0 Å². The van der Waals surface area contributed by atoms with E-state index in [0.29, 0.717) is 11.8 Å². The van der Waals surface area contributed by atoms with Gasteiger partial charge >= 0.3 is 0 Å².